The molecule has 0 amide bonds. The quantitative estimate of drug-likeness (QED) is 0.294. The first-order valence-electron chi connectivity index (χ1n) is 9.87. The summed E-state index contributed by atoms with van der Waals surface area (Å²) in [7, 11) is 0. The normalized spacial score (nSPS) is 9.79. The number of hydrogen-bond acceptors (Lipinski definition) is 0. The first kappa shape index (κ1) is 21.4. The van der Waals surface area contributed by atoms with Crippen molar-refractivity contribution in [2.75, 3.05) is 0 Å². The fourth-order valence-electron chi connectivity index (χ4n) is 2.93. The van der Waals surface area contributed by atoms with Gasteiger partial charge in [0.15, 0.2) is 0 Å². The molecule has 0 radical (unpaired) electrons. The van der Waals surface area contributed by atoms with E-state index in [4.69, 9.17) is 0 Å². The van der Waals surface area contributed by atoms with E-state index in [0.717, 1.165) is 0 Å². The highest BCUT2D eigenvalue weighted by Crippen LogP contribution is 2.16. The van der Waals surface area contributed by atoms with Crippen molar-refractivity contribution in [2.24, 2.45) is 0 Å². The Morgan fingerprint density at radius 3 is 0.964 bits per heavy atom. The Kier molecular flexibility index (Phi) is 8.02. The van der Waals surface area contributed by atoms with Crippen LogP contribution in [-0.2, 0) is 0 Å². The van der Waals surface area contributed by atoms with E-state index in [0.29, 0.717) is 0 Å². The summed E-state index contributed by atoms with van der Waals surface area (Å²) in [4.78, 5) is 0. The number of rotatable bonds is 0. The van der Waals surface area contributed by atoms with E-state index < -0.39 is 0 Å². The van der Waals surface area contributed by atoms with Crippen molar-refractivity contribution in [3.8, 4) is 0 Å². The van der Waals surface area contributed by atoms with Crippen molar-refractivity contribution >= 4 is 10.8 Å². The Labute approximate surface area is 170 Å². The van der Waals surface area contributed by atoms with Gasteiger partial charge in [-0.05, 0) is 52.3 Å². The predicted molar refractivity (Wildman–Crippen MR) is 125 cm³/mol. The smallest absolute Gasteiger partial charge is 0.0181 e. The third-order valence-corrected chi connectivity index (χ3v) is 4.54. The van der Waals surface area contributed by atoms with Crippen molar-refractivity contribution in [1.82, 2.24) is 0 Å². The molecule has 4 aromatic rings. The third kappa shape index (κ3) is 7.40. The van der Waals surface area contributed by atoms with Crippen molar-refractivity contribution in [3.63, 3.8) is 0 Å². The van der Waals surface area contributed by atoms with Crippen LogP contribution in [0.25, 0.3) is 10.8 Å². The molecule has 0 heteroatoms. The largest absolute Gasteiger partial charge is 0.0617 e. The van der Waals surface area contributed by atoms with Crippen LogP contribution >= 0.6 is 0 Å². The average Bonchev–Trinajstić information content (AvgIpc) is 2.65. The van der Waals surface area contributed by atoms with Gasteiger partial charge in [0.2, 0.25) is 0 Å². The summed E-state index contributed by atoms with van der Waals surface area (Å²) in [6, 6.07) is 30.0. The van der Waals surface area contributed by atoms with E-state index in [2.05, 4.69) is 126 Å². The molecule has 4 rings (SSSR count). The second-order valence-electron chi connectivity index (χ2n) is 7.67. The second-order valence-corrected chi connectivity index (χ2v) is 7.67. The van der Waals surface area contributed by atoms with Crippen molar-refractivity contribution < 1.29 is 0 Å². The first-order chi connectivity index (χ1) is 13.3. The van der Waals surface area contributed by atoms with Crippen LogP contribution in [0.4, 0.5) is 0 Å². The van der Waals surface area contributed by atoms with Crippen LogP contribution < -0.4 is 0 Å². The van der Waals surface area contributed by atoms with E-state index >= 15 is 0 Å². The minimum absolute atomic E-state index is 1.33. The Bertz CT molecular complexity index is 928. The molecule has 0 unspecified atom stereocenters. The third-order valence-electron chi connectivity index (χ3n) is 4.54. The van der Waals surface area contributed by atoms with Gasteiger partial charge < -0.3 is 0 Å². The molecule has 0 saturated carbocycles. The van der Waals surface area contributed by atoms with Crippen molar-refractivity contribution in [1.29, 1.82) is 0 Å². The minimum Gasteiger partial charge on any atom is -0.0617 e. The molecule has 0 aromatic heterocycles. The van der Waals surface area contributed by atoms with Crippen LogP contribution in [0.15, 0.2) is 84.9 Å². The maximum atomic E-state index is 2.22. The Morgan fingerprint density at radius 2 is 0.643 bits per heavy atom. The molecule has 0 fully saturated rings. The number of aryl methyl sites for hydroxylation is 6. The molecule has 0 nitrogen and oxygen atoms in total. The molecule has 0 atom stereocenters. The number of benzene rings is 4. The summed E-state index contributed by atoms with van der Waals surface area (Å²) in [5.74, 6) is 0. The van der Waals surface area contributed by atoms with Crippen LogP contribution in [0, 0.1) is 41.5 Å². The highest BCUT2D eigenvalue weighted by atomic mass is 14.0. The summed E-state index contributed by atoms with van der Waals surface area (Å²) < 4.78 is 0. The lowest BCUT2D eigenvalue weighted by Crippen LogP contribution is -1.76. The van der Waals surface area contributed by atoms with Gasteiger partial charge in [0, 0.05) is 0 Å². The zero-order valence-electron chi connectivity index (χ0n) is 18.1. The van der Waals surface area contributed by atoms with Gasteiger partial charge in [-0.15, -0.1) is 0 Å². The standard InChI is InChI=1S/C12H12.2C8H10/c1-9-3-5-12-8-10(2)4-6-11(12)7-9;1-7-3-5-8(2)6-4-7;1-7-4-3-5-8(2)6-7/h3-8H,1-2H3;2*3-6H,1-2H3. The Balaban J connectivity index is 0.000000156. The highest BCUT2D eigenvalue weighted by molar-refractivity contribution is 5.83. The van der Waals surface area contributed by atoms with Crippen LogP contribution in [-0.4, -0.2) is 0 Å². The van der Waals surface area contributed by atoms with E-state index in [1.165, 1.54) is 44.2 Å². The molecule has 0 heterocycles. The molecule has 0 spiro atoms. The van der Waals surface area contributed by atoms with E-state index in [-0.39, 0.29) is 0 Å². The molecule has 28 heavy (non-hydrogen) atoms. The second kappa shape index (κ2) is 10.5. The zero-order chi connectivity index (χ0) is 20.5. The molecule has 0 aliphatic heterocycles. The molecule has 0 aliphatic rings. The maximum Gasteiger partial charge on any atom is -0.0181 e. The van der Waals surface area contributed by atoms with Gasteiger partial charge in [-0.2, -0.15) is 0 Å². The van der Waals surface area contributed by atoms with Gasteiger partial charge in [0.1, 0.15) is 0 Å². The van der Waals surface area contributed by atoms with E-state index in [1.54, 1.807) is 0 Å². The lowest BCUT2D eigenvalue weighted by Gasteiger charge is -1.99. The highest BCUT2D eigenvalue weighted by Gasteiger charge is 1.92. The topological polar surface area (TPSA) is 0 Å². The molecule has 0 bridgehead atoms. The molecule has 0 N–H and O–H groups in total. The average molecular weight is 369 g/mol. The van der Waals surface area contributed by atoms with Gasteiger partial charge >= 0.3 is 0 Å². The summed E-state index contributed by atoms with van der Waals surface area (Å²) in [6.07, 6.45) is 0. The van der Waals surface area contributed by atoms with Crippen LogP contribution in [0.3, 0.4) is 0 Å². The fourth-order valence-corrected chi connectivity index (χ4v) is 2.93. The first-order valence-corrected chi connectivity index (χ1v) is 9.87. The lowest BCUT2D eigenvalue weighted by atomic mass is 10.1. The number of fused-ring (bicyclic) bond motifs is 1. The van der Waals surface area contributed by atoms with E-state index in [1.807, 2.05) is 0 Å². The summed E-state index contributed by atoms with van der Waals surface area (Å²) in [5.41, 5.74) is 7.99. The SMILES string of the molecule is Cc1ccc(C)cc1.Cc1ccc2cc(C)ccc2c1.Cc1cccc(C)c1. The molecule has 0 aliphatic carbocycles. The van der Waals surface area contributed by atoms with Gasteiger partial charge in [-0.25, -0.2) is 0 Å². The minimum atomic E-state index is 1.33. The molecule has 0 saturated heterocycles. The molecule has 4 aromatic carbocycles. The Morgan fingerprint density at radius 1 is 0.321 bits per heavy atom. The van der Waals surface area contributed by atoms with Gasteiger partial charge in [0.25, 0.3) is 0 Å². The van der Waals surface area contributed by atoms with Crippen LogP contribution in [0.1, 0.15) is 33.4 Å². The Hall–Kier alpha value is -2.86. The van der Waals surface area contributed by atoms with Crippen LogP contribution in [0.5, 0.6) is 0 Å². The molecule has 144 valence electrons. The van der Waals surface area contributed by atoms with Crippen LogP contribution in [0.2, 0.25) is 0 Å². The molecular formula is C28H32. The summed E-state index contributed by atoms with van der Waals surface area (Å²) in [6.45, 7) is 12.7. The fraction of sp³-hybridized carbons (Fsp3) is 0.214. The zero-order valence-corrected chi connectivity index (χ0v) is 18.1. The van der Waals surface area contributed by atoms with Gasteiger partial charge in [-0.1, -0.05) is 118 Å². The monoisotopic (exact) mass is 368 g/mol. The molecular weight excluding hydrogens is 336 g/mol. The predicted octanol–water partition coefficient (Wildman–Crippen LogP) is 8.06. The van der Waals surface area contributed by atoms with Crippen molar-refractivity contribution in [3.05, 3.63) is 118 Å². The van der Waals surface area contributed by atoms with E-state index in [9.17, 15) is 0 Å². The van der Waals surface area contributed by atoms with Crippen molar-refractivity contribution in [2.45, 2.75) is 41.5 Å². The van der Waals surface area contributed by atoms with Gasteiger partial charge in [0.05, 0.1) is 0 Å². The lowest BCUT2D eigenvalue weighted by molar-refractivity contribution is 1.39. The summed E-state index contributed by atoms with van der Waals surface area (Å²) in [5, 5.41) is 2.67. The number of hydrogen-bond donors (Lipinski definition) is 0. The maximum absolute atomic E-state index is 2.22. The van der Waals surface area contributed by atoms with Gasteiger partial charge in [-0.3, -0.25) is 0 Å². The summed E-state index contributed by atoms with van der Waals surface area (Å²) >= 11 is 0.